The van der Waals surface area contributed by atoms with Gasteiger partial charge in [0.2, 0.25) is 0 Å². The Kier molecular flexibility index (Phi) is 30.5. The number of aliphatic carboxylic acids is 2. The Hall–Kier alpha value is -3.75. The Morgan fingerprint density at radius 2 is 0.964 bits per heavy atom. The van der Waals surface area contributed by atoms with E-state index in [2.05, 4.69) is 38.8 Å². The van der Waals surface area contributed by atoms with E-state index in [0.29, 0.717) is 45.7 Å². The first-order chi connectivity index (χ1) is 25.8. The summed E-state index contributed by atoms with van der Waals surface area (Å²) < 4.78 is 10.8. The molecule has 15 nitrogen and oxygen atoms in total. The summed E-state index contributed by atoms with van der Waals surface area (Å²) in [4.78, 5) is 55.8. The first kappa shape index (κ1) is 53.4. The molecule has 0 amide bonds. The SMILES string of the molecule is C#CCCCC.C#CCCN1CCN(CC(=O)O)CCN(CC(=O)O)CC1.CC#N.CC(C)(C)OC(=O)CN1CCNCCN(CC(=O)OC(C)(C)C)CC1. The van der Waals surface area contributed by atoms with Crippen LogP contribution < -0.4 is 5.32 Å². The molecule has 0 unspecified atom stereocenters. The number of nitrogens with one attached hydrogen (secondary N) is 1. The van der Waals surface area contributed by atoms with Crippen molar-refractivity contribution < 1.29 is 38.9 Å². The molecule has 3 N–H and O–H groups in total. The molecule has 0 spiro atoms. The standard InChI is InChI=1S/C18H35N3O4.C14H23N3O4.C6H10.C2H3N/c1-17(2,3)24-15(22)13-20-9-7-19-8-10-21(12-11-20)14-16(23)25-18(4,5)6;1-2-3-4-15-5-7-16(11-13(18)19)9-10-17(8-6-15)12-14(20)21;1-3-5-6-4-2;1-2-3/h19H,7-14H2,1-6H3;1H,3-12H2,(H,18,19)(H,20,21);1H,4-6H2,2H3;1H3. The third kappa shape index (κ3) is 35.7. The van der Waals surface area contributed by atoms with Crippen molar-refractivity contribution in [1.82, 2.24) is 29.8 Å². The lowest BCUT2D eigenvalue weighted by Crippen LogP contribution is -2.42. The second kappa shape index (κ2) is 31.5. The molecule has 0 aromatic rings. The van der Waals surface area contributed by atoms with Crippen LogP contribution in [0.25, 0.3) is 0 Å². The Bertz CT molecular complexity index is 1150. The molecule has 0 aromatic heterocycles. The van der Waals surface area contributed by atoms with Gasteiger partial charge in [-0.1, -0.05) is 13.3 Å². The van der Waals surface area contributed by atoms with E-state index >= 15 is 0 Å². The Morgan fingerprint density at radius 1 is 0.636 bits per heavy atom. The van der Waals surface area contributed by atoms with Gasteiger partial charge in [-0.25, -0.2) is 0 Å². The topological polar surface area (TPSA) is 179 Å². The van der Waals surface area contributed by atoms with E-state index in [1.165, 1.54) is 19.8 Å². The fraction of sp³-hybridized carbons (Fsp3) is 0.775. The highest BCUT2D eigenvalue weighted by Crippen LogP contribution is 2.09. The van der Waals surface area contributed by atoms with Gasteiger partial charge in [0, 0.05) is 105 Å². The van der Waals surface area contributed by atoms with Gasteiger partial charge in [0.05, 0.1) is 32.2 Å². The molecule has 2 aliphatic heterocycles. The molecule has 0 atom stereocenters. The van der Waals surface area contributed by atoms with Gasteiger partial charge < -0.3 is 25.0 Å². The van der Waals surface area contributed by atoms with Crippen LogP contribution in [0.15, 0.2) is 0 Å². The number of carboxylic acid groups (broad SMARTS) is 2. The van der Waals surface area contributed by atoms with Gasteiger partial charge >= 0.3 is 23.9 Å². The molecule has 15 heteroatoms. The van der Waals surface area contributed by atoms with Gasteiger partial charge in [0.15, 0.2) is 0 Å². The minimum atomic E-state index is -0.866. The number of nitrogens with zero attached hydrogens (tertiary/aromatic N) is 6. The maximum absolute atomic E-state index is 12.1. The van der Waals surface area contributed by atoms with Crippen LogP contribution in [0, 0.1) is 36.0 Å². The molecule has 314 valence electrons. The number of hydrogen-bond acceptors (Lipinski definition) is 13. The van der Waals surface area contributed by atoms with Gasteiger partial charge in [-0.3, -0.25) is 43.7 Å². The molecular formula is C40H71N7O8. The fourth-order valence-electron chi connectivity index (χ4n) is 5.14. The van der Waals surface area contributed by atoms with Gasteiger partial charge in [-0.2, -0.15) is 5.26 Å². The molecule has 0 bridgehead atoms. The highest BCUT2D eigenvalue weighted by atomic mass is 16.6. The lowest BCUT2D eigenvalue weighted by atomic mass is 10.2. The van der Waals surface area contributed by atoms with Crippen molar-refractivity contribution in [1.29, 1.82) is 5.26 Å². The van der Waals surface area contributed by atoms with Crippen LogP contribution in [-0.4, -0.2) is 181 Å². The van der Waals surface area contributed by atoms with E-state index in [9.17, 15) is 19.2 Å². The molecule has 2 rings (SSSR count). The minimum absolute atomic E-state index is 0.0239. The summed E-state index contributed by atoms with van der Waals surface area (Å²) in [6, 6.07) is 1.75. The number of esters is 2. The molecule has 2 aliphatic rings. The summed E-state index contributed by atoms with van der Waals surface area (Å²) in [5.41, 5.74) is -0.949. The summed E-state index contributed by atoms with van der Waals surface area (Å²) in [5, 5.41) is 28.5. The van der Waals surface area contributed by atoms with Crippen molar-refractivity contribution in [2.45, 2.75) is 92.3 Å². The molecule has 0 aliphatic carbocycles. The third-order valence-corrected chi connectivity index (χ3v) is 7.65. The number of carbonyl (C=O) groups is 4. The lowest BCUT2D eigenvalue weighted by Gasteiger charge is -2.27. The van der Waals surface area contributed by atoms with Crippen molar-refractivity contribution in [2.75, 3.05) is 111 Å². The van der Waals surface area contributed by atoms with Crippen LogP contribution in [0.2, 0.25) is 0 Å². The van der Waals surface area contributed by atoms with Crippen LogP contribution >= 0.6 is 0 Å². The zero-order chi connectivity index (χ0) is 42.3. The van der Waals surface area contributed by atoms with E-state index in [0.717, 1.165) is 52.2 Å². The predicted octanol–water partition coefficient (Wildman–Crippen LogP) is 2.32. The summed E-state index contributed by atoms with van der Waals surface area (Å²) >= 11 is 0. The van der Waals surface area contributed by atoms with Crippen molar-refractivity contribution in [3.63, 3.8) is 0 Å². The number of carbonyl (C=O) groups excluding carboxylic acids is 2. The normalized spacial score (nSPS) is 16.8. The number of ether oxygens (including phenoxy) is 2. The van der Waals surface area contributed by atoms with Crippen molar-refractivity contribution in [2.24, 2.45) is 0 Å². The third-order valence-electron chi connectivity index (χ3n) is 7.65. The second-order valence-electron chi connectivity index (χ2n) is 15.1. The summed E-state index contributed by atoms with van der Waals surface area (Å²) in [6.45, 7) is 24.5. The molecule has 2 saturated heterocycles. The van der Waals surface area contributed by atoms with Crippen LogP contribution in [-0.2, 0) is 28.7 Å². The van der Waals surface area contributed by atoms with E-state index in [1.54, 1.807) is 6.07 Å². The highest BCUT2D eigenvalue weighted by Gasteiger charge is 2.23. The van der Waals surface area contributed by atoms with E-state index < -0.39 is 23.1 Å². The van der Waals surface area contributed by atoms with E-state index in [1.807, 2.05) is 51.3 Å². The van der Waals surface area contributed by atoms with Crippen LogP contribution in [0.4, 0.5) is 0 Å². The Labute approximate surface area is 331 Å². The second-order valence-corrected chi connectivity index (χ2v) is 15.1. The Balaban J connectivity index is 0. The number of rotatable bonds is 12. The van der Waals surface area contributed by atoms with E-state index in [-0.39, 0.29) is 38.1 Å². The fourth-order valence-corrected chi connectivity index (χ4v) is 5.14. The number of terminal acetylenes is 2. The van der Waals surface area contributed by atoms with Gasteiger partial charge in [0.25, 0.3) is 0 Å². The van der Waals surface area contributed by atoms with Crippen molar-refractivity contribution in [3.8, 4) is 30.8 Å². The molecule has 2 fully saturated rings. The molecule has 0 aromatic carbocycles. The van der Waals surface area contributed by atoms with Crippen molar-refractivity contribution in [3.05, 3.63) is 0 Å². The smallest absolute Gasteiger partial charge is 0.320 e. The van der Waals surface area contributed by atoms with E-state index in [4.69, 9.17) is 37.8 Å². The first-order valence-corrected chi connectivity index (χ1v) is 19.2. The van der Waals surface area contributed by atoms with Crippen LogP contribution in [0.3, 0.4) is 0 Å². The van der Waals surface area contributed by atoms with Gasteiger partial charge in [-0.15, -0.1) is 24.7 Å². The number of unbranched alkanes of at least 4 members (excludes halogenated alkanes) is 2. The molecule has 0 radical (unpaired) electrons. The van der Waals surface area contributed by atoms with Gasteiger partial charge in [0.1, 0.15) is 11.2 Å². The number of nitriles is 1. The lowest BCUT2D eigenvalue weighted by molar-refractivity contribution is -0.158. The zero-order valence-corrected chi connectivity index (χ0v) is 35.0. The van der Waals surface area contributed by atoms with Crippen LogP contribution in [0.5, 0.6) is 0 Å². The molecule has 0 saturated carbocycles. The highest BCUT2D eigenvalue weighted by molar-refractivity contribution is 5.72. The molecular weight excluding hydrogens is 706 g/mol. The average Bonchev–Trinajstić information content (AvgIpc) is 3.22. The Morgan fingerprint density at radius 3 is 1.24 bits per heavy atom. The maximum atomic E-state index is 12.1. The summed E-state index contributed by atoms with van der Waals surface area (Å²) in [5.74, 6) is 3.00. The number of hydrogen-bond donors (Lipinski definition) is 3. The molecule has 55 heavy (non-hydrogen) atoms. The van der Waals surface area contributed by atoms with Gasteiger partial charge in [-0.05, 0) is 48.0 Å². The summed E-state index contributed by atoms with van der Waals surface area (Å²) in [6.07, 6.45) is 14.2. The minimum Gasteiger partial charge on any atom is -0.480 e. The summed E-state index contributed by atoms with van der Waals surface area (Å²) in [7, 11) is 0. The molecule has 2 heterocycles. The first-order valence-electron chi connectivity index (χ1n) is 19.2. The average molecular weight is 778 g/mol. The van der Waals surface area contributed by atoms with Crippen molar-refractivity contribution >= 4 is 23.9 Å². The predicted molar refractivity (Wildman–Crippen MR) is 215 cm³/mol. The quantitative estimate of drug-likeness (QED) is 0.149. The monoisotopic (exact) mass is 778 g/mol. The van der Waals surface area contributed by atoms with Crippen LogP contribution in [0.1, 0.15) is 81.1 Å². The maximum Gasteiger partial charge on any atom is 0.320 e. The zero-order valence-electron chi connectivity index (χ0n) is 35.0. The number of carboxylic acids is 2. The largest absolute Gasteiger partial charge is 0.480 e.